The molecule has 5 nitrogen and oxygen atoms in total. The molecule has 2 heterocycles. The number of pyridine rings is 1. The lowest BCUT2D eigenvalue weighted by Crippen LogP contribution is -2.42. The minimum Gasteiger partial charge on any atom is -0.469 e. The molecule has 2 aromatic rings. The molecule has 0 fully saturated rings. The van der Waals surface area contributed by atoms with E-state index in [-0.39, 0.29) is 12.5 Å². The predicted molar refractivity (Wildman–Crippen MR) is 81.4 cm³/mol. The molecule has 0 radical (unpaired) electrons. The Morgan fingerprint density at radius 3 is 2.95 bits per heavy atom. The number of aliphatic hydroxyl groups is 1. The van der Waals surface area contributed by atoms with Crippen molar-refractivity contribution >= 4 is 17.7 Å². The van der Waals surface area contributed by atoms with Gasteiger partial charge >= 0.3 is 0 Å². The first-order valence-electron chi connectivity index (χ1n) is 6.54. The maximum atomic E-state index is 12.2. The third-order valence-corrected chi connectivity index (χ3v) is 3.69. The zero-order valence-corrected chi connectivity index (χ0v) is 12.8. The normalized spacial score (nSPS) is 13.7. The Bertz CT molecular complexity index is 597. The highest BCUT2D eigenvalue weighted by Crippen LogP contribution is 2.17. The third-order valence-electron chi connectivity index (χ3n) is 2.97. The van der Waals surface area contributed by atoms with E-state index in [1.54, 1.807) is 43.6 Å². The van der Waals surface area contributed by atoms with Gasteiger partial charge in [0.25, 0.3) is 5.91 Å². The van der Waals surface area contributed by atoms with Gasteiger partial charge in [0.1, 0.15) is 10.8 Å². The molecule has 0 aromatic carbocycles. The molecule has 0 aliphatic carbocycles. The highest BCUT2D eigenvalue weighted by Gasteiger charge is 2.24. The van der Waals surface area contributed by atoms with Crippen LogP contribution in [0.2, 0.25) is 0 Å². The van der Waals surface area contributed by atoms with Gasteiger partial charge in [0.2, 0.25) is 0 Å². The topological polar surface area (TPSA) is 75.4 Å². The Hall–Kier alpha value is -1.79. The monoisotopic (exact) mass is 306 g/mol. The van der Waals surface area contributed by atoms with Crippen LogP contribution in [0.3, 0.4) is 0 Å². The molecule has 0 saturated carbocycles. The van der Waals surface area contributed by atoms with E-state index >= 15 is 0 Å². The second-order valence-corrected chi connectivity index (χ2v) is 5.79. The number of nitrogens with zero attached hydrogens (tertiary/aromatic N) is 1. The molecule has 21 heavy (non-hydrogen) atoms. The van der Waals surface area contributed by atoms with Gasteiger partial charge in [-0.2, -0.15) is 0 Å². The Morgan fingerprint density at radius 2 is 2.29 bits per heavy atom. The highest BCUT2D eigenvalue weighted by atomic mass is 32.2. The molecule has 1 atom stereocenters. The molecule has 0 spiro atoms. The molecule has 2 aromatic heterocycles. The molecular weight excluding hydrogens is 288 g/mol. The summed E-state index contributed by atoms with van der Waals surface area (Å²) in [7, 11) is 0. The van der Waals surface area contributed by atoms with Crippen LogP contribution in [0, 0.1) is 0 Å². The van der Waals surface area contributed by atoms with Crippen molar-refractivity contribution in [3.63, 3.8) is 0 Å². The fraction of sp³-hybridized carbons (Fsp3) is 0.333. The SMILES string of the molecule is CSc1ncccc1C(=O)NCC(C)(O)Cc1ccco1. The number of nitrogens with one attached hydrogen (secondary N) is 1. The van der Waals surface area contributed by atoms with Crippen LogP contribution in [0.5, 0.6) is 0 Å². The Morgan fingerprint density at radius 1 is 1.48 bits per heavy atom. The van der Waals surface area contributed by atoms with Crippen LogP contribution in [0.4, 0.5) is 0 Å². The maximum absolute atomic E-state index is 12.2. The van der Waals surface area contributed by atoms with Crippen molar-refractivity contribution in [3.8, 4) is 0 Å². The van der Waals surface area contributed by atoms with Crippen LogP contribution < -0.4 is 5.32 Å². The van der Waals surface area contributed by atoms with Gasteiger partial charge < -0.3 is 14.8 Å². The Labute approximate surface area is 127 Å². The van der Waals surface area contributed by atoms with Crippen LogP contribution in [0.15, 0.2) is 46.2 Å². The number of carbonyl (C=O) groups is 1. The van der Waals surface area contributed by atoms with Crippen LogP contribution in [0.1, 0.15) is 23.0 Å². The number of aromatic nitrogens is 1. The lowest BCUT2D eigenvalue weighted by atomic mass is 10.0. The molecule has 2 N–H and O–H groups in total. The lowest BCUT2D eigenvalue weighted by Gasteiger charge is -2.22. The molecule has 112 valence electrons. The zero-order chi connectivity index (χ0) is 15.3. The van der Waals surface area contributed by atoms with E-state index in [1.807, 2.05) is 6.26 Å². The molecular formula is C15H18N2O3S. The van der Waals surface area contributed by atoms with Gasteiger partial charge in [0, 0.05) is 19.2 Å². The summed E-state index contributed by atoms with van der Waals surface area (Å²) in [5, 5.41) is 13.7. The van der Waals surface area contributed by atoms with E-state index in [0.717, 1.165) is 0 Å². The first-order chi connectivity index (χ1) is 10.0. The lowest BCUT2D eigenvalue weighted by molar-refractivity contribution is 0.0509. The second kappa shape index (κ2) is 6.78. The fourth-order valence-corrected chi connectivity index (χ4v) is 2.49. The smallest absolute Gasteiger partial charge is 0.254 e. The summed E-state index contributed by atoms with van der Waals surface area (Å²) in [6, 6.07) is 7.00. The number of rotatable bonds is 6. The molecule has 1 unspecified atom stereocenters. The summed E-state index contributed by atoms with van der Waals surface area (Å²) in [5.74, 6) is 0.438. The predicted octanol–water partition coefficient (Wildman–Crippen LogP) is 2.12. The maximum Gasteiger partial charge on any atom is 0.254 e. The average Bonchev–Trinajstić information content (AvgIpc) is 2.97. The molecule has 0 aliphatic heterocycles. The van der Waals surface area contributed by atoms with Crippen molar-refractivity contribution in [2.45, 2.75) is 24.0 Å². The van der Waals surface area contributed by atoms with Crippen LogP contribution in [0.25, 0.3) is 0 Å². The fourth-order valence-electron chi connectivity index (χ4n) is 1.94. The molecule has 6 heteroatoms. The molecule has 2 rings (SSSR count). The summed E-state index contributed by atoms with van der Waals surface area (Å²) in [6.07, 6.45) is 5.41. The summed E-state index contributed by atoms with van der Waals surface area (Å²) in [5.41, 5.74) is -0.561. The molecule has 0 aliphatic rings. The van der Waals surface area contributed by atoms with Gasteiger partial charge in [0.15, 0.2) is 0 Å². The Kier molecular flexibility index (Phi) is 5.03. The van der Waals surface area contributed by atoms with Gasteiger partial charge in [-0.3, -0.25) is 4.79 Å². The summed E-state index contributed by atoms with van der Waals surface area (Å²) >= 11 is 1.41. The van der Waals surface area contributed by atoms with Crippen molar-refractivity contribution in [3.05, 3.63) is 48.0 Å². The van der Waals surface area contributed by atoms with E-state index in [4.69, 9.17) is 4.42 Å². The average molecular weight is 306 g/mol. The van der Waals surface area contributed by atoms with E-state index in [0.29, 0.717) is 22.8 Å². The van der Waals surface area contributed by atoms with E-state index < -0.39 is 5.60 Å². The van der Waals surface area contributed by atoms with Gasteiger partial charge in [-0.25, -0.2) is 4.98 Å². The Balaban J connectivity index is 1.97. The van der Waals surface area contributed by atoms with Crippen molar-refractivity contribution < 1.29 is 14.3 Å². The number of thioether (sulfide) groups is 1. The van der Waals surface area contributed by atoms with E-state index in [1.165, 1.54) is 11.8 Å². The van der Waals surface area contributed by atoms with Gasteiger partial charge in [-0.15, -0.1) is 11.8 Å². The number of hydrogen-bond donors (Lipinski definition) is 2. The van der Waals surface area contributed by atoms with Crippen molar-refractivity contribution in [2.75, 3.05) is 12.8 Å². The molecule has 1 amide bonds. The van der Waals surface area contributed by atoms with Crippen molar-refractivity contribution in [1.82, 2.24) is 10.3 Å². The van der Waals surface area contributed by atoms with E-state index in [9.17, 15) is 9.90 Å². The minimum atomic E-state index is -1.07. The quantitative estimate of drug-likeness (QED) is 0.800. The van der Waals surface area contributed by atoms with Gasteiger partial charge in [0.05, 0.1) is 17.4 Å². The summed E-state index contributed by atoms with van der Waals surface area (Å²) in [4.78, 5) is 16.3. The molecule has 0 bridgehead atoms. The van der Waals surface area contributed by atoms with Crippen molar-refractivity contribution in [2.24, 2.45) is 0 Å². The number of hydrogen-bond acceptors (Lipinski definition) is 5. The zero-order valence-electron chi connectivity index (χ0n) is 12.0. The second-order valence-electron chi connectivity index (χ2n) is 5.00. The summed E-state index contributed by atoms with van der Waals surface area (Å²) < 4.78 is 5.21. The van der Waals surface area contributed by atoms with Gasteiger partial charge in [-0.05, 0) is 37.4 Å². The summed E-state index contributed by atoms with van der Waals surface area (Å²) in [6.45, 7) is 1.80. The van der Waals surface area contributed by atoms with Gasteiger partial charge in [-0.1, -0.05) is 0 Å². The van der Waals surface area contributed by atoms with Crippen molar-refractivity contribution in [1.29, 1.82) is 0 Å². The van der Waals surface area contributed by atoms with E-state index in [2.05, 4.69) is 10.3 Å². The largest absolute Gasteiger partial charge is 0.469 e. The first kappa shape index (κ1) is 15.6. The number of carbonyl (C=O) groups excluding carboxylic acids is 1. The first-order valence-corrected chi connectivity index (χ1v) is 7.76. The number of amides is 1. The van der Waals surface area contributed by atoms with Crippen LogP contribution in [-0.2, 0) is 6.42 Å². The molecule has 0 saturated heterocycles. The minimum absolute atomic E-state index is 0.134. The van der Waals surface area contributed by atoms with Crippen LogP contribution in [-0.4, -0.2) is 34.4 Å². The van der Waals surface area contributed by atoms with Crippen LogP contribution >= 0.6 is 11.8 Å². The third kappa shape index (κ3) is 4.34. The standard InChI is InChI=1S/C15H18N2O3S/c1-15(19,9-11-5-4-8-20-11)10-17-13(18)12-6-3-7-16-14(12)21-2/h3-8,19H,9-10H2,1-2H3,(H,17,18). The highest BCUT2D eigenvalue weighted by molar-refractivity contribution is 7.98. The number of furan rings is 1.